The molecule has 0 radical (unpaired) electrons. The second-order valence-electron chi connectivity index (χ2n) is 7.47. The lowest BCUT2D eigenvalue weighted by Gasteiger charge is -2.34. The van der Waals surface area contributed by atoms with Crippen LogP contribution in [0.1, 0.15) is 24.2 Å². The lowest BCUT2D eigenvalue weighted by molar-refractivity contribution is -0.0440. The number of morpholine rings is 1. The van der Waals surface area contributed by atoms with Crippen LogP contribution in [0.3, 0.4) is 0 Å². The molecule has 1 saturated heterocycles. The fourth-order valence-electron chi connectivity index (χ4n) is 3.44. The maximum absolute atomic E-state index is 13.1. The molecule has 0 saturated carbocycles. The maximum Gasteiger partial charge on any atom is 0.255 e. The smallest absolute Gasteiger partial charge is 0.255 e. The van der Waals surface area contributed by atoms with Crippen molar-refractivity contribution in [2.75, 3.05) is 37.4 Å². The average molecular weight is 418 g/mol. The van der Waals surface area contributed by atoms with Crippen molar-refractivity contribution in [1.82, 2.24) is 4.31 Å². The number of para-hydroxylation sites is 2. The largest absolute Gasteiger partial charge is 0.376 e. The minimum Gasteiger partial charge on any atom is -0.376 e. The molecule has 0 bridgehead atoms. The number of amides is 1. The van der Waals surface area contributed by atoms with Gasteiger partial charge in [-0.15, -0.1) is 0 Å². The predicted molar refractivity (Wildman–Crippen MR) is 114 cm³/mol. The fraction of sp³-hybridized carbons (Fsp3) is 0.381. The molecule has 3 rings (SSSR count). The van der Waals surface area contributed by atoms with Crippen molar-refractivity contribution in [2.24, 2.45) is 0 Å². The van der Waals surface area contributed by atoms with E-state index in [1.165, 1.54) is 16.4 Å². The summed E-state index contributed by atoms with van der Waals surface area (Å²) in [5.74, 6) is -0.361. The van der Waals surface area contributed by atoms with Gasteiger partial charge >= 0.3 is 0 Å². The molecule has 156 valence electrons. The number of rotatable bonds is 5. The van der Waals surface area contributed by atoms with E-state index in [9.17, 15) is 13.2 Å². The third kappa shape index (κ3) is 4.77. The van der Waals surface area contributed by atoms with Crippen LogP contribution in [-0.2, 0) is 14.8 Å². The Kier molecular flexibility index (Phi) is 6.26. The molecule has 1 heterocycles. The second-order valence-corrected chi connectivity index (χ2v) is 9.41. The first-order chi connectivity index (χ1) is 13.7. The van der Waals surface area contributed by atoms with Crippen molar-refractivity contribution < 1.29 is 17.9 Å². The molecule has 0 aliphatic carbocycles. The third-order valence-electron chi connectivity index (χ3n) is 4.75. The quantitative estimate of drug-likeness (QED) is 0.809. The van der Waals surface area contributed by atoms with E-state index in [1.807, 2.05) is 57.1 Å². The minimum absolute atomic E-state index is 0.104. The Morgan fingerprint density at radius 3 is 2.38 bits per heavy atom. The van der Waals surface area contributed by atoms with Gasteiger partial charge in [0.25, 0.3) is 5.91 Å². The van der Waals surface area contributed by atoms with Crippen molar-refractivity contribution in [2.45, 2.75) is 31.0 Å². The van der Waals surface area contributed by atoms with Crippen LogP contribution in [0.15, 0.2) is 53.4 Å². The number of carbonyl (C=O) groups is 1. The van der Waals surface area contributed by atoms with Gasteiger partial charge in [0.15, 0.2) is 0 Å². The zero-order valence-corrected chi connectivity index (χ0v) is 17.9. The highest BCUT2D eigenvalue weighted by Crippen LogP contribution is 2.25. The molecule has 1 amide bonds. The number of ether oxygens (including phenoxy) is 1. The number of nitrogens with one attached hydrogen (secondary N) is 1. The van der Waals surface area contributed by atoms with Crippen LogP contribution >= 0.6 is 0 Å². The van der Waals surface area contributed by atoms with Gasteiger partial charge in [0.2, 0.25) is 10.0 Å². The zero-order chi connectivity index (χ0) is 21.2. The Balaban J connectivity index is 1.85. The monoisotopic (exact) mass is 417 g/mol. The summed E-state index contributed by atoms with van der Waals surface area (Å²) in [6, 6.07) is 13.6. The molecule has 0 aromatic heterocycles. The van der Waals surface area contributed by atoms with Crippen LogP contribution in [0.25, 0.3) is 0 Å². The van der Waals surface area contributed by atoms with Crippen LogP contribution in [0.4, 0.5) is 11.4 Å². The molecular weight excluding hydrogens is 390 g/mol. The van der Waals surface area contributed by atoms with Crippen LogP contribution in [0.2, 0.25) is 0 Å². The number of hydrogen-bond donors (Lipinski definition) is 1. The molecule has 29 heavy (non-hydrogen) atoms. The van der Waals surface area contributed by atoms with Crippen molar-refractivity contribution in [3.8, 4) is 0 Å². The van der Waals surface area contributed by atoms with Crippen LogP contribution in [0.5, 0.6) is 0 Å². The number of nitrogens with zero attached hydrogens (tertiary/aromatic N) is 2. The number of carbonyl (C=O) groups excluding carboxylic acids is 1. The third-order valence-corrected chi connectivity index (χ3v) is 6.58. The van der Waals surface area contributed by atoms with E-state index < -0.39 is 10.0 Å². The molecule has 2 unspecified atom stereocenters. The summed E-state index contributed by atoms with van der Waals surface area (Å²) in [5, 5.41) is 2.87. The number of sulfonamides is 1. The molecule has 8 heteroatoms. The molecule has 0 spiro atoms. The highest BCUT2D eigenvalue weighted by atomic mass is 32.2. The molecule has 2 aromatic carbocycles. The Morgan fingerprint density at radius 1 is 1.07 bits per heavy atom. The van der Waals surface area contributed by atoms with E-state index in [1.54, 1.807) is 12.1 Å². The van der Waals surface area contributed by atoms with E-state index in [0.717, 1.165) is 5.69 Å². The average Bonchev–Trinajstić information content (AvgIpc) is 2.67. The van der Waals surface area contributed by atoms with Gasteiger partial charge < -0.3 is 15.0 Å². The normalized spacial score (nSPS) is 20.3. The van der Waals surface area contributed by atoms with E-state index in [-0.39, 0.29) is 28.6 Å². The summed E-state index contributed by atoms with van der Waals surface area (Å²) >= 11 is 0. The van der Waals surface area contributed by atoms with Crippen LogP contribution < -0.4 is 10.2 Å². The van der Waals surface area contributed by atoms with Crippen molar-refractivity contribution in [1.29, 1.82) is 0 Å². The van der Waals surface area contributed by atoms with Gasteiger partial charge in [-0.1, -0.05) is 18.2 Å². The van der Waals surface area contributed by atoms with Gasteiger partial charge in [0, 0.05) is 32.7 Å². The molecule has 2 aromatic rings. The van der Waals surface area contributed by atoms with Gasteiger partial charge in [0.05, 0.1) is 28.5 Å². The Morgan fingerprint density at radius 2 is 1.72 bits per heavy atom. The zero-order valence-electron chi connectivity index (χ0n) is 17.1. The van der Waals surface area contributed by atoms with Gasteiger partial charge in [-0.3, -0.25) is 4.79 Å². The maximum atomic E-state index is 13.1. The SMILES string of the molecule is CC1CN(S(=O)(=O)c2cccc(C(=O)Nc3ccccc3N(C)C)c2)CC(C)O1. The summed E-state index contributed by atoms with van der Waals surface area (Å²) in [5.41, 5.74) is 1.81. The van der Waals surface area contributed by atoms with E-state index in [0.29, 0.717) is 18.8 Å². The molecule has 1 aliphatic heterocycles. The summed E-state index contributed by atoms with van der Waals surface area (Å²) in [6.07, 6.45) is -0.356. The molecule has 7 nitrogen and oxygen atoms in total. The Labute approximate surface area is 172 Å². The van der Waals surface area contributed by atoms with Crippen molar-refractivity contribution in [3.05, 3.63) is 54.1 Å². The van der Waals surface area contributed by atoms with Gasteiger partial charge in [-0.2, -0.15) is 4.31 Å². The first kappa shape index (κ1) is 21.3. The Hall–Kier alpha value is -2.42. The van der Waals surface area contributed by atoms with Crippen molar-refractivity contribution >= 4 is 27.3 Å². The highest BCUT2D eigenvalue weighted by Gasteiger charge is 2.32. The van der Waals surface area contributed by atoms with Gasteiger partial charge in [-0.25, -0.2) is 8.42 Å². The van der Waals surface area contributed by atoms with Crippen molar-refractivity contribution in [3.63, 3.8) is 0 Å². The summed E-state index contributed by atoms with van der Waals surface area (Å²) < 4.78 is 33.2. The standard InChI is InChI=1S/C21H27N3O4S/c1-15-13-24(14-16(2)28-15)29(26,27)18-9-7-8-17(12-18)21(25)22-19-10-5-6-11-20(19)23(3)4/h5-12,15-16H,13-14H2,1-4H3,(H,22,25). The molecule has 1 N–H and O–H groups in total. The summed E-state index contributed by atoms with van der Waals surface area (Å²) in [6.45, 7) is 4.28. The second kappa shape index (κ2) is 8.52. The number of benzene rings is 2. The van der Waals surface area contributed by atoms with E-state index in [2.05, 4.69) is 5.32 Å². The Bertz CT molecular complexity index is 981. The van der Waals surface area contributed by atoms with E-state index >= 15 is 0 Å². The van der Waals surface area contributed by atoms with Crippen LogP contribution in [-0.4, -0.2) is 58.0 Å². The topological polar surface area (TPSA) is 79.0 Å². The molecular formula is C21H27N3O4S. The van der Waals surface area contributed by atoms with Gasteiger partial charge in [0.1, 0.15) is 0 Å². The minimum atomic E-state index is -3.71. The number of anilines is 2. The fourth-order valence-corrected chi connectivity index (χ4v) is 5.07. The summed E-state index contributed by atoms with van der Waals surface area (Å²) in [4.78, 5) is 14.8. The first-order valence-electron chi connectivity index (χ1n) is 9.52. The molecule has 2 atom stereocenters. The molecule has 1 fully saturated rings. The van der Waals surface area contributed by atoms with E-state index in [4.69, 9.17) is 4.74 Å². The summed E-state index contributed by atoms with van der Waals surface area (Å²) in [7, 11) is 0.0695. The lowest BCUT2D eigenvalue weighted by Crippen LogP contribution is -2.48. The first-order valence-corrected chi connectivity index (χ1v) is 11.0. The highest BCUT2D eigenvalue weighted by molar-refractivity contribution is 7.89. The predicted octanol–water partition coefficient (Wildman–Crippen LogP) is 2.80. The number of hydrogen-bond acceptors (Lipinski definition) is 5. The van der Waals surface area contributed by atoms with Gasteiger partial charge in [-0.05, 0) is 44.2 Å². The lowest BCUT2D eigenvalue weighted by atomic mass is 10.2. The van der Waals surface area contributed by atoms with Crippen LogP contribution in [0, 0.1) is 0 Å². The molecule has 1 aliphatic rings.